The zero-order chi connectivity index (χ0) is 12.7. The van der Waals surface area contributed by atoms with E-state index in [1.807, 2.05) is 35.8 Å². The first kappa shape index (κ1) is 10.5. The van der Waals surface area contributed by atoms with E-state index in [1.165, 1.54) is 5.56 Å². The molecule has 0 aliphatic carbocycles. The minimum Gasteiger partial charge on any atom is -0.382 e. The second-order valence-corrected chi connectivity index (χ2v) is 4.09. The Bertz CT molecular complexity index is 713. The van der Waals surface area contributed by atoms with Crippen LogP contribution in [0.5, 0.6) is 0 Å². The van der Waals surface area contributed by atoms with Crippen molar-refractivity contribution in [2.45, 2.75) is 6.92 Å². The summed E-state index contributed by atoms with van der Waals surface area (Å²) in [5.74, 6) is 0.442. The van der Waals surface area contributed by atoms with Crippen LogP contribution >= 0.6 is 0 Å². The van der Waals surface area contributed by atoms with Gasteiger partial charge in [0.1, 0.15) is 6.33 Å². The van der Waals surface area contributed by atoms with Crippen LogP contribution in [-0.4, -0.2) is 19.5 Å². The molecule has 0 amide bonds. The molecule has 3 aromatic rings. The molecule has 0 radical (unpaired) electrons. The number of nitrogen functional groups attached to an aromatic ring is 2. The Balaban J connectivity index is 2.27. The molecule has 0 bridgehead atoms. The summed E-state index contributed by atoms with van der Waals surface area (Å²) >= 11 is 0. The predicted octanol–water partition coefficient (Wildman–Crippen LogP) is 1.29. The molecule has 2 heterocycles. The monoisotopic (exact) mass is 240 g/mol. The van der Waals surface area contributed by atoms with E-state index in [0.717, 1.165) is 5.69 Å². The molecule has 18 heavy (non-hydrogen) atoms. The minimum absolute atomic E-state index is 0.147. The Hall–Kier alpha value is -2.63. The van der Waals surface area contributed by atoms with Crippen molar-refractivity contribution < 1.29 is 0 Å². The van der Waals surface area contributed by atoms with Gasteiger partial charge >= 0.3 is 0 Å². The summed E-state index contributed by atoms with van der Waals surface area (Å²) in [5, 5.41) is 0. The molecule has 6 nitrogen and oxygen atoms in total. The first-order chi connectivity index (χ1) is 8.65. The van der Waals surface area contributed by atoms with Crippen LogP contribution < -0.4 is 11.5 Å². The zero-order valence-corrected chi connectivity index (χ0v) is 9.83. The normalized spacial score (nSPS) is 10.9. The number of imidazole rings is 1. The maximum absolute atomic E-state index is 5.77. The lowest BCUT2D eigenvalue weighted by Crippen LogP contribution is -2.02. The van der Waals surface area contributed by atoms with Gasteiger partial charge in [-0.1, -0.05) is 17.7 Å². The number of nitrogens with zero attached hydrogens (tertiary/aromatic N) is 4. The molecule has 0 saturated heterocycles. The summed E-state index contributed by atoms with van der Waals surface area (Å²) in [6, 6.07) is 8.03. The third kappa shape index (κ3) is 1.55. The fraction of sp³-hybridized carbons (Fsp3) is 0.0833. The van der Waals surface area contributed by atoms with Crippen LogP contribution in [0.2, 0.25) is 0 Å². The highest BCUT2D eigenvalue weighted by Gasteiger charge is 2.10. The van der Waals surface area contributed by atoms with Crippen LogP contribution in [0.1, 0.15) is 5.56 Å². The third-order valence-corrected chi connectivity index (χ3v) is 2.75. The van der Waals surface area contributed by atoms with Crippen molar-refractivity contribution >= 4 is 22.9 Å². The SMILES string of the molecule is Cc1ccc(-n2cnc3c(N)nc(N)nc32)cc1. The molecule has 0 saturated carbocycles. The molecule has 0 aliphatic rings. The van der Waals surface area contributed by atoms with Crippen molar-refractivity contribution in [1.82, 2.24) is 19.5 Å². The van der Waals surface area contributed by atoms with Gasteiger partial charge in [0.05, 0.1) is 0 Å². The first-order valence-corrected chi connectivity index (χ1v) is 5.48. The summed E-state index contributed by atoms with van der Waals surface area (Å²) in [7, 11) is 0. The van der Waals surface area contributed by atoms with E-state index in [-0.39, 0.29) is 5.95 Å². The van der Waals surface area contributed by atoms with Gasteiger partial charge < -0.3 is 11.5 Å². The number of aryl methyl sites for hydroxylation is 1. The van der Waals surface area contributed by atoms with E-state index in [4.69, 9.17) is 11.5 Å². The van der Waals surface area contributed by atoms with Crippen LogP contribution in [0.3, 0.4) is 0 Å². The fourth-order valence-electron chi connectivity index (χ4n) is 1.83. The van der Waals surface area contributed by atoms with E-state index in [0.29, 0.717) is 17.0 Å². The summed E-state index contributed by atoms with van der Waals surface area (Å²) in [6.07, 6.45) is 1.67. The summed E-state index contributed by atoms with van der Waals surface area (Å²) in [6.45, 7) is 2.04. The lowest BCUT2D eigenvalue weighted by atomic mass is 10.2. The highest BCUT2D eigenvalue weighted by Crippen LogP contribution is 2.20. The van der Waals surface area contributed by atoms with Crippen molar-refractivity contribution in [1.29, 1.82) is 0 Å². The number of rotatable bonds is 1. The number of fused-ring (bicyclic) bond motifs is 1. The molecular weight excluding hydrogens is 228 g/mol. The molecule has 90 valence electrons. The summed E-state index contributed by atoms with van der Waals surface area (Å²) in [5.41, 5.74) is 14.7. The van der Waals surface area contributed by atoms with E-state index < -0.39 is 0 Å². The average Bonchev–Trinajstić information content (AvgIpc) is 2.74. The molecule has 6 heteroatoms. The van der Waals surface area contributed by atoms with Crippen molar-refractivity contribution in [3.63, 3.8) is 0 Å². The number of hydrogen-bond donors (Lipinski definition) is 2. The summed E-state index contributed by atoms with van der Waals surface area (Å²) in [4.78, 5) is 12.3. The van der Waals surface area contributed by atoms with Gasteiger partial charge in [-0.2, -0.15) is 9.97 Å². The van der Waals surface area contributed by atoms with Crippen LogP contribution in [-0.2, 0) is 0 Å². The van der Waals surface area contributed by atoms with Gasteiger partial charge in [0, 0.05) is 5.69 Å². The van der Waals surface area contributed by atoms with E-state index in [1.54, 1.807) is 6.33 Å². The number of hydrogen-bond acceptors (Lipinski definition) is 5. The second-order valence-electron chi connectivity index (χ2n) is 4.09. The van der Waals surface area contributed by atoms with Crippen LogP contribution in [0.15, 0.2) is 30.6 Å². The quantitative estimate of drug-likeness (QED) is 0.668. The third-order valence-electron chi connectivity index (χ3n) is 2.75. The first-order valence-electron chi connectivity index (χ1n) is 5.48. The molecule has 0 aliphatic heterocycles. The van der Waals surface area contributed by atoms with Crippen LogP contribution in [0.25, 0.3) is 16.9 Å². The number of aromatic nitrogens is 4. The average molecular weight is 240 g/mol. The van der Waals surface area contributed by atoms with Gasteiger partial charge in [0.2, 0.25) is 5.95 Å². The Kier molecular flexibility index (Phi) is 2.16. The number of anilines is 2. The Labute approximate surface area is 103 Å². The van der Waals surface area contributed by atoms with E-state index in [9.17, 15) is 0 Å². The molecule has 0 unspecified atom stereocenters. The lowest BCUT2D eigenvalue weighted by molar-refractivity contribution is 1.06. The fourth-order valence-corrected chi connectivity index (χ4v) is 1.83. The van der Waals surface area contributed by atoms with Gasteiger partial charge in [0.15, 0.2) is 17.0 Å². The molecule has 2 aromatic heterocycles. The van der Waals surface area contributed by atoms with Crippen molar-refractivity contribution in [3.8, 4) is 5.69 Å². The Morgan fingerprint density at radius 2 is 1.78 bits per heavy atom. The van der Waals surface area contributed by atoms with E-state index >= 15 is 0 Å². The molecule has 4 N–H and O–H groups in total. The maximum Gasteiger partial charge on any atom is 0.224 e. The lowest BCUT2D eigenvalue weighted by Gasteiger charge is -2.04. The maximum atomic E-state index is 5.77. The number of nitrogens with two attached hydrogens (primary N) is 2. The summed E-state index contributed by atoms with van der Waals surface area (Å²) < 4.78 is 1.84. The van der Waals surface area contributed by atoms with Gasteiger partial charge in [-0.05, 0) is 19.1 Å². The van der Waals surface area contributed by atoms with Crippen LogP contribution in [0, 0.1) is 6.92 Å². The van der Waals surface area contributed by atoms with Crippen molar-refractivity contribution in [2.75, 3.05) is 11.5 Å². The molecule has 1 aromatic carbocycles. The predicted molar refractivity (Wildman–Crippen MR) is 70.2 cm³/mol. The molecule has 0 atom stereocenters. The number of benzene rings is 1. The highest BCUT2D eigenvalue weighted by atomic mass is 15.2. The second kappa shape index (κ2) is 3.69. The van der Waals surface area contributed by atoms with Gasteiger partial charge in [-0.3, -0.25) is 4.57 Å². The van der Waals surface area contributed by atoms with Crippen molar-refractivity contribution in [2.24, 2.45) is 0 Å². The molecule has 3 rings (SSSR count). The molecular formula is C12H12N6. The largest absolute Gasteiger partial charge is 0.382 e. The minimum atomic E-state index is 0.147. The highest BCUT2D eigenvalue weighted by molar-refractivity contribution is 5.83. The van der Waals surface area contributed by atoms with Gasteiger partial charge in [-0.15, -0.1) is 0 Å². The molecule has 0 fully saturated rings. The Morgan fingerprint density at radius 1 is 1.06 bits per heavy atom. The van der Waals surface area contributed by atoms with Gasteiger partial charge in [-0.25, -0.2) is 4.98 Å². The molecule has 0 spiro atoms. The Morgan fingerprint density at radius 3 is 2.50 bits per heavy atom. The van der Waals surface area contributed by atoms with Crippen molar-refractivity contribution in [3.05, 3.63) is 36.2 Å². The van der Waals surface area contributed by atoms with Crippen LogP contribution in [0.4, 0.5) is 11.8 Å². The zero-order valence-electron chi connectivity index (χ0n) is 9.83. The smallest absolute Gasteiger partial charge is 0.224 e. The van der Waals surface area contributed by atoms with Gasteiger partial charge in [0.25, 0.3) is 0 Å². The topological polar surface area (TPSA) is 95.6 Å². The van der Waals surface area contributed by atoms with E-state index in [2.05, 4.69) is 15.0 Å². The standard InChI is InChI=1S/C12H12N6/c1-7-2-4-8(5-3-7)18-6-15-9-10(13)16-12(14)17-11(9)18/h2-6H,1H3,(H4,13,14,16,17).